The lowest BCUT2D eigenvalue weighted by Crippen LogP contribution is -2.16. The smallest absolute Gasteiger partial charge is 0.336 e. The van der Waals surface area contributed by atoms with E-state index in [1.54, 1.807) is 0 Å². The lowest BCUT2D eigenvalue weighted by molar-refractivity contribution is 0.555. The van der Waals surface area contributed by atoms with Crippen LogP contribution >= 0.6 is 11.6 Å². The Kier molecular flexibility index (Phi) is 4.28. The van der Waals surface area contributed by atoms with Gasteiger partial charge in [0, 0.05) is 48.0 Å². The normalized spacial score (nSPS) is 11.3. The van der Waals surface area contributed by atoms with Crippen LogP contribution in [0.1, 0.15) is 22.5 Å². The summed E-state index contributed by atoms with van der Waals surface area (Å²) in [5.41, 5.74) is 4.44. The van der Waals surface area contributed by atoms with E-state index in [1.807, 2.05) is 26.1 Å². The van der Waals surface area contributed by atoms with E-state index in [0.717, 1.165) is 23.1 Å². The van der Waals surface area contributed by atoms with E-state index in [4.69, 9.17) is 16.0 Å². The maximum Gasteiger partial charge on any atom is 0.336 e. The second-order valence-corrected chi connectivity index (χ2v) is 6.22. The maximum atomic E-state index is 11.8. The molecule has 1 aromatic carbocycles. The summed E-state index contributed by atoms with van der Waals surface area (Å²) in [6.07, 6.45) is 0. The first-order valence-corrected chi connectivity index (χ1v) is 7.88. The summed E-state index contributed by atoms with van der Waals surface area (Å²) in [6, 6.07) is 9.38. The lowest BCUT2D eigenvalue weighted by Gasteiger charge is -2.10. The summed E-state index contributed by atoms with van der Waals surface area (Å²) < 4.78 is 7.42. The Morgan fingerprint density at radius 1 is 1.17 bits per heavy atom. The second-order valence-electron chi connectivity index (χ2n) is 5.82. The van der Waals surface area contributed by atoms with Gasteiger partial charge in [0.05, 0.1) is 0 Å². The third-order valence-corrected chi connectivity index (χ3v) is 4.61. The third kappa shape index (κ3) is 3.19. The van der Waals surface area contributed by atoms with Gasteiger partial charge in [0.2, 0.25) is 0 Å². The molecule has 120 valence electrons. The van der Waals surface area contributed by atoms with Crippen molar-refractivity contribution in [1.29, 1.82) is 0 Å². The molecule has 3 aromatic rings. The molecule has 2 heterocycles. The average molecular weight is 331 g/mol. The molecule has 0 unspecified atom stereocenters. The number of nitrogens with one attached hydrogen (secondary N) is 1. The van der Waals surface area contributed by atoms with Gasteiger partial charge in [0.15, 0.2) is 0 Å². The molecule has 0 aliphatic heterocycles. The summed E-state index contributed by atoms with van der Waals surface area (Å²) in [5, 5.41) is 4.92. The summed E-state index contributed by atoms with van der Waals surface area (Å²) >= 11 is 6.21. The minimum atomic E-state index is -0.342. The summed E-state index contributed by atoms with van der Waals surface area (Å²) in [4.78, 5) is 11.8. The van der Waals surface area contributed by atoms with Gasteiger partial charge in [-0.3, -0.25) is 0 Å². The van der Waals surface area contributed by atoms with Crippen LogP contribution in [0.4, 0.5) is 0 Å². The van der Waals surface area contributed by atoms with E-state index >= 15 is 0 Å². The van der Waals surface area contributed by atoms with Crippen molar-refractivity contribution in [3.8, 4) is 0 Å². The zero-order valence-electron chi connectivity index (χ0n) is 13.4. The highest BCUT2D eigenvalue weighted by molar-refractivity contribution is 6.32. The molecule has 0 aliphatic carbocycles. The largest absolute Gasteiger partial charge is 0.423 e. The van der Waals surface area contributed by atoms with E-state index in [9.17, 15) is 4.79 Å². The Bertz CT molecular complexity index is 925. The zero-order valence-corrected chi connectivity index (χ0v) is 14.2. The third-order valence-electron chi connectivity index (χ3n) is 4.21. The molecule has 0 saturated carbocycles. The Morgan fingerprint density at radius 2 is 1.96 bits per heavy atom. The Hall–Kier alpha value is -2.04. The van der Waals surface area contributed by atoms with E-state index in [1.165, 1.54) is 17.5 Å². The average Bonchev–Trinajstić information content (AvgIpc) is 2.81. The molecule has 0 amide bonds. The molecule has 1 N–H and O–H groups in total. The minimum Gasteiger partial charge on any atom is -0.423 e. The molecule has 0 fully saturated rings. The van der Waals surface area contributed by atoms with Gasteiger partial charge in [-0.1, -0.05) is 11.6 Å². The molecular formula is C18H19ClN2O2. The topological polar surface area (TPSA) is 47.2 Å². The van der Waals surface area contributed by atoms with Gasteiger partial charge in [-0.15, -0.1) is 0 Å². The predicted octanol–water partition coefficient (Wildman–Crippen LogP) is 3.69. The fourth-order valence-electron chi connectivity index (χ4n) is 2.66. The van der Waals surface area contributed by atoms with Crippen molar-refractivity contribution in [2.45, 2.75) is 26.9 Å². The highest BCUT2D eigenvalue weighted by Crippen LogP contribution is 2.25. The van der Waals surface area contributed by atoms with Crippen molar-refractivity contribution in [2.24, 2.45) is 7.05 Å². The van der Waals surface area contributed by atoms with Crippen molar-refractivity contribution in [1.82, 2.24) is 9.88 Å². The molecule has 0 atom stereocenters. The van der Waals surface area contributed by atoms with Crippen molar-refractivity contribution in [3.05, 3.63) is 68.3 Å². The SMILES string of the molecule is Cc1cc2oc(=O)cc(CNCc3ccc(C)n3C)c2cc1Cl. The molecule has 0 aliphatic rings. The number of aryl methyl sites for hydroxylation is 2. The lowest BCUT2D eigenvalue weighted by atomic mass is 10.1. The number of benzene rings is 1. The zero-order chi connectivity index (χ0) is 16.6. The van der Waals surface area contributed by atoms with E-state index in [2.05, 4.69) is 28.9 Å². The fraction of sp³-hybridized carbons (Fsp3) is 0.278. The molecule has 5 heteroatoms. The fourth-order valence-corrected chi connectivity index (χ4v) is 2.83. The molecule has 23 heavy (non-hydrogen) atoms. The van der Waals surface area contributed by atoms with Crippen molar-refractivity contribution in [2.75, 3.05) is 0 Å². The molecule has 4 nitrogen and oxygen atoms in total. The van der Waals surface area contributed by atoms with Gasteiger partial charge in [-0.25, -0.2) is 4.79 Å². The minimum absolute atomic E-state index is 0.342. The number of hydrogen-bond donors (Lipinski definition) is 1. The van der Waals surface area contributed by atoms with Crippen LogP contribution in [0.3, 0.4) is 0 Å². The summed E-state index contributed by atoms with van der Waals surface area (Å²) in [7, 11) is 2.04. The highest BCUT2D eigenvalue weighted by atomic mass is 35.5. The van der Waals surface area contributed by atoms with Gasteiger partial charge in [-0.2, -0.15) is 0 Å². The summed E-state index contributed by atoms with van der Waals surface area (Å²) in [6.45, 7) is 5.27. The van der Waals surface area contributed by atoms with Crippen molar-refractivity contribution >= 4 is 22.6 Å². The van der Waals surface area contributed by atoms with Gasteiger partial charge >= 0.3 is 5.63 Å². The number of halogens is 1. The second kappa shape index (κ2) is 6.22. The van der Waals surface area contributed by atoms with Crippen LogP contribution in [0.25, 0.3) is 11.0 Å². The number of nitrogens with zero attached hydrogens (tertiary/aromatic N) is 1. The van der Waals surface area contributed by atoms with E-state index in [0.29, 0.717) is 17.2 Å². The van der Waals surface area contributed by atoms with Crippen LogP contribution in [0, 0.1) is 13.8 Å². The molecule has 0 bridgehead atoms. The first kappa shape index (κ1) is 15.8. The van der Waals surface area contributed by atoms with Crippen LogP contribution in [0.15, 0.2) is 39.5 Å². The molecule has 0 saturated heterocycles. The summed E-state index contributed by atoms with van der Waals surface area (Å²) in [5.74, 6) is 0. The Labute approximate surface area is 139 Å². The highest BCUT2D eigenvalue weighted by Gasteiger charge is 2.09. The van der Waals surface area contributed by atoms with Crippen molar-refractivity contribution < 1.29 is 4.42 Å². The van der Waals surface area contributed by atoms with Gasteiger partial charge in [-0.05, 0) is 49.2 Å². The maximum absolute atomic E-state index is 11.8. The standard InChI is InChI=1S/C18H19ClN2O2/c1-11-6-17-15(8-16(11)19)13(7-18(22)23-17)9-20-10-14-5-4-12(2)21(14)3/h4-8,20H,9-10H2,1-3H3. The number of hydrogen-bond acceptors (Lipinski definition) is 3. The molecule has 0 spiro atoms. The van der Waals surface area contributed by atoms with Crippen molar-refractivity contribution in [3.63, 3.8) is 0 Å². The predicted molar refractivity (Wildman–Crippen MR) is 92.9 cm³/mol. The van der Waals surface area contributed by atoms with Crippen LogP contribution in [-0.2, 0) is 20.1 Å². The Balaban J connectivity index is 1.86. The number of rotatable bonds is 4. The van der Waals surface area contributed by atoms with Gasteiger partial charge in [0.25, 0.3) is 0 Å². The first-order chi connectivity index (χ1) is 11.0. The molecular weight excluding hydrogens is 312 g/mol. The Morgan fingerprint density at radius 3 is 2.65 bits per heavy atom. The number of fused-ring (bicyclic) bond motifs is 1. The van der Waals surface area contributed by atoms with E-state index < -0.39 is 0 Å². The monoisotopic (exact) mass is 330 g/mol. The van der Waals surface area contributed by atoms with Gasteiger partial charge < -0.3 is 14.3 Å². The van der Waals surface area contributed by atoms with Crippen LogP contribution in [0.2, 0.25) is 5.02 Å². The quantitative estimate of drug-likeness (QED) is 0.742. The van der Waals surface area contributed by atoms with Crippen LogP contribution in [-0.4, -0.2) is 4.57 Å². The number of aromatic nitrogens is 1. The van der Waals surface area contributed by atoms with Gasteiger partial charge in [0.1, 0.15) is 5.58 Å². The molecule has 2 aromatic heterocycles. The van der Waals surface area contributed by atoms with Crippen LogP contribution < -0.4 is 10.9 Å². The van der Waals surface area contributed by atoms with Crippen LogP contribution in [0.5, 0.6) is 0 Å². The first-order valence-electron chi connectivity index (χ1n) is 7.50. The van der Waals surface area contributed by atoms with E-state index in [-0.39, 0.29) is 5.63 Å². The molecule has 3 rings (SSSR count). The molecule has 0 radical (unpaired) electrons.